The van der Waals surface area contributed by atoms with Gasteiger partial charge in [0.2, 0.25) is 0 Å². The summed E-state index contributed by atoms with van der Waals surface area (Å²) in [7, 11) is 0. The number of quaternary nitrogens is 2. The van der Waals surface area contributed by atoms with Crippen LogP contribution in [-0.4, -0.2) is 25.2 Å². The number of nitrogens with one attached hydrogen (secondary N) is 1. The minimum atomic E-state index is 0.773. The van der Waals surface area contributed by atoms with Crippen molar-refractivity contribution in [3.05, 3.63) is 0 Å². The third-order valence-electron chi connectivity index (χ3n) is 3.35. The van der Waals surface area contributed by atoms with Crippen LogP contribution in [0.25, 0.3) is 0 Å². The summed E-state index contributed by atoms with van der Waals surface area (Å²) in [6.45, 7) is 7.14. The first kappa shape index (κ1) is 10.0. The molecular weight excluding hydrogens is 148 g/mol. The van der Waals surface area contributed by atoms with Gasteiger partial charge in [-0.05, 0) is 32.6 Å². The molecule has 0 saturated carbocycles. The average Bonchev–Trinajstić information content (AvgIpc) is 2.16. The predicted molar refractivity (Wildman–Crippen MR) is 51.0 cm³/mol. The molecule has 0 amide bonds. The Bertz CT molecular complexity index is 125. The van der Waals surface area contributed by atoms with Gasteiger partial charge in [-0.3, -0.25) is 0 Å². The Morgan fingerprint density at radius 1 is 1.50 bits per heavy atom. The van der Waals surface area contributed by atoms with E-state index in [-0.39, 0.29) is 0 Å². The zero-order valence-corrected chi connectivity index (χ0v) is 8.60. The topological polar surface area (TPSA) is 32.1 Å². The average molecular weight is 172 g/mol. The molecule has 0 aromatic rings. The normalized spacial score (nSPS) is 33.2. The Balaban J connectivity index is 2.46. The van der Waals surface area contributed by atoms with Crippen LogP contribution in [0.4, 0.5) is 0 Å². The molecule has 0 aromatic carbocycles. The maximum atomic E-state index is 4.01. The summed E-state index contributed by atoms with van der Waals surface area (Å²) >= 11 is 0. The van der Waals surface area contributed by atoms with E-state index in [1.807, 2.05) is 4.90 Å². The molecule has 72 valence electrons. The molecule has 1 saturated heterocycles. The number of piperidine rings is 1. The number of hydrogen-bond donors (Lipinski definition) is 2. The highest BCUT2D eigenvalue weighted by Gasteiger charge is 2.28. The van der Waals surface area contributed by atoms with Crippen LogP contribution in [0, 0.1) is 0 Å². The fourth-order valence-corrected chi connectivity index (χ4v) is 2.41. The van der Waals surface area contributed by atoms with Crippen LogP contribution in [0.15, 0.2) is 0 Å². The SMILES string of the molecule is CC[C@H]1CCCC[NH+]1[C@@H](C)C[NH3+]. The second-order valence-electron chi connectivity index (χ2n) is 4.12. The monoisotopic (exact) mass is 172 g/mol. The minimum absolute atomic E-state index is 0.773. The van der Waals surface area contributed by atoms with Crippen molar-refractivity contribution in [3.63, 3.8) is 0 Å². The molecule has 1 aliphatic rings. The fraction of sp³-hybridized carbons (Fsp3) is 1.00. The van der Waals surface area contributed by atoms with Crippen molar-refractivity contribution < 1.29 is 10.6 Å². The summed E-state index contributed by atoms with van der Waals surface area (Å²) in [5, 5.41) is 0. The lowest BCUT2D eigenvalue weighted by Gasteiger charge is -2.35. The first-order chi connectivity index (χ1) is 5.79. The molecular formula is C10H24N2+2. The van der Waals surface area contributed by atoms with Crippen molar-refractivity contribution in [2.45, 2.75) is 51.6 Å². The molecule has 0 aromatic heterocycles. The smallest absolute Gasteiger partial charge is 0.134 e. The zero-order chi connectivity index (χ0) is 8.97. The molecule has 0 radical (unpaired) electrons. The molecule has 1 fully saturated rings. The second kappa shape index (κ2) is 4.83. The molecule has 1 unspecified atom stereocenters. The Morgan fingerprint density at radius 3 is 2.83 bits per heavy atom. The lowest BCUT2D eigenvalue weighted by molar-refractivity contribution is -0.957. The summed E-state index contributed by atoms with van der Waals surface area (Å²) in [6, 6.07) is 1.70. The van der Waals surface area contributed by atoms with Crippen LogP contribution in [0.3, 0.4) is 0 Å². The van der Waals surface area contributed by atoms with Gasteiger partial charge in [-0.25, -0.2) is 0 Å². The molecule has 0 aliphatic carbocycles. The van der Waals surface area contributed by atoms with Gasteiger partial charge in [-0.1, -0.05) is 6.92 Å². The van der Waals surface area contributed by atoms with Crippen molar-refractivity contribution in [2.24, 2.45) is 0 Å². The van der Waals surface area contributed by atoms with Crippen LogP contribution in [0.5, 0.6) is 0 Å². The predicted octanol–water partition coefficient (Wildman–Crippen LogP) is -0.536. The van der Waals surface area contributed by atoms with E-state index in [1.54, 1.807) is 0 Å². The maximum Gasteiger partial charge on any atom is 0.134 e. The van der Waals surface area contributed by atoms with Crippen LogP contribution in [0.1, 0.15) is 39.5 Å². The number of likely N-dealkylation sites (tertiary alicyclic amines) is 1. The summed E-state index contributed by atoms with van der Waals surface area (Å²) in [6.07, 6.45) is 5.66. The number of hydrogen-bond acceptors (Lipinski definition) is 0. The maximum absolute atomic E-state index is 4.01. The van der Waals surface area contributed by atoms with Crippen LogP contribution < -0.4 is 10.6 Å². The first-order valence-electron chi connectivity index (χ1n) is 5.44. The van der Waals surface area contributed by atoms with E-state index in [0.29, 0.717) is 0 Å². The van der Waals surface area contributed by atoms with Crippen molar-refractivity contribution in [2.75, 3.05) is 13.1 Å². The van der Waals surface area contributed by atoms with Crippen molar-refractivity contribution in [3.8, 4) is 0 Å². The number of rotatable bonds is 3. The highest BCUT2D eigenvalue weighted by atomic mass is 15.2. The molecule has 4 N–H and O–H groups in total. The largest absolute Gasteiger partial charge is 0.353 e. The first-order valence-corrected chi connectivity index (χ1v) is 5.44. The van der Waals surface area contributed by atoms with Crippen LogP contribution in [-0.2, 0) is 0 Å². The van der Waals surface area contributed by atoms with E-state index in [1.165, 1.54) is 32.2 Å². The van der Waals surface area contributed by atoms with Crippen LogP contribution >= 0.6 is 0 Å². The van der Waals surface area contributed by atoms with Gasteiger partial charge in [0, 0.05) is 0 Å². The lowest BCUT2D eigenvalue weighted by atomic mass is 9.98. The van der Waals surface area contributed by atoms with Crippen LogP contribution in [0.2, 0.25) is 0 Å². The molecule has 1 rings (SSSR count). The summed E-state index contributed by atoms with van der Waals surface area (Å²) in [4.78, 5) is 1.82. The van der Waals surface area contributed by atoms with E-state index in [9.17, 15) is 0 Å². The molecule has 1 heterocycles. The Kier molecular flexibility index (Phi) is 4.02. The summed E-state index contributed by atoms with van der Waals surface area (Å²) < 4.78 is 0. The van der Waals surface area contributed by atoms with Gasteiger partial charge in [-0.2, -0.15) is 0 Å². The molecule has 0 bridgehead atoms. The Labute approximate surface area is 76.1 Å². The van der Waals surface area contributed by atoms with E-state index < -0.39 is 0 Å². The molecule has 0 spiro atoms. The van der Waals surface area contributed by atoms with E-state index in [4.69, 9.17) is 0 Å². The molecule has 2 heteroatoms. The van der Waals surface area contributed by atoms with Gasteiger partial charge in [0.05, 0.1) is 12.6 Å². The van der Waals surface area contributed by atoms with Gasteiger partial charge in [0.25, 0.3) is 0 Å². The molecule has 12 heavy (non-hydrogen) atoms. The van der Waals surface area contributed by atoms with E-state index >= 15 is 0 Å². The van der Waals surface area contributed by atoms with Crippen molar-refractivity contribution >= 4 is 0 Å². The van der Waals surface area contributed by atoms with Gasteiger partial charge in [0.15, 0.2) is 0 Å². The highest BCUT2D eigenvalue weighted by Crippen LogP contribution is 2.06. The fourth-order valence-electron chi connectivity index (χ4n) is 2.41. The minimum Gasteiger partial charge on any atom is -0.353 e. The molecule has 2 nitrogen and oxygen atoms in total. The van der Waals surface area contributed by atoms with Gasteiger partial charge in [0.1, 0.15) is 12.6 Å². The van der Waals surface area contributed by atoms with Gasteiger partial charge >= 0.3 is 0 Å². The van der Waals surface area contributed by atoms with Gasteiger partial charge in [-0.15, -0.1) is 0 Å². The third kappa shape index (κ3) is 2.20. The van der Waals surface area contributed by atoms with E-state index in [0.717, 1.165) is 18.6 Å². The molecule has 3 atom stereocenters. The lowest BCUT2D eigenvalue weighted by Crippen LogP contribution is -3.21. The van der Waals surface area contributed by atoms with Crippen molar-refractivity contribution in [1.82, 2.24) is 0 Å². The quantitative estimate of drug-likeness (QED) is 0.573. The third-order valence-corrected chi connectivity index (χ3v) is 3.35. The molecule has 1 aliphatic heterocycles. The standard InChI is InChI=1S/C10H22N2/c1-3-10-6-4-5-7-12(10)9(2)8-11/h9-10H,3-8,11H2,1-2H3/p+2/t9-,10-/m0/s1. The van der Waals surface area contributed by atoms with Gasteiger partial charge < -0.3 is 10.6 Å². The highest BCUT2D eigenvalue weighted by molar-refractivity contribution is 4.61. The van der Waals surface area contributed by atoms with Crippen molar-refractivity contribution in [1.29, 1.82) is 0 Å². The van der Waals surface area contributed by atoms with E-state index in [2.05, 4.69) is 19.6 Å². The zero-order valence-electron chi connectivity index (χ0n) is 8.60. The second-order valence-corrected chi connectivity index (χ2v) is 4.12. The Hall–Kier alpha value is -0.0800. The Morgan fingerprint density at radius 2 is 2.25 bits per heavy atom. The summed E-state index contributed by atoms with van der Waals surface area (Å²) in [5.74, 6) is 0. The summed E-state index contributed by atoms with van der Waals surface area (Å²) in [5.41, 5.74) is 4.01.